The largest absolute Gasteiger partial charge is 0.416 e. The number of nitro benzene ring substituents is 1. The van der Waals surface area contributed by atoms with Crippen LogP contribution in [0.15, 0.2) is 23.1 Å². The third kappa shape index (κ3) is 4.60. The zero-order valence-electron chi connectivity index (χ0n) is 12.9. The maximum Gasteiger partial charge on any atom is 0.416 e. The molecular formula is C14H17F3N3O3S+. The lowest BCUT2D eigenvalue weighted by molar-refractivity contribution is -0.883. The number of nitro groups is 1. The SMILES string of the molecule is C[NH+]1CCN(C(=O)CSc2ccc(C(F)(F)F)cc2[N+](=O)[O-])CC1. The monoisotopic (exact) mass is 364 g/mol. The number of rotatable bonds is 4. The van der Waals surface area contributed by atoms with Crippen LogP contribution in [0.5, 0.6) is 0 Å². The normalized spacial score (nSPS) is 16.2. The summed E-state index contributed by atoms with van der Waals surface area (Å²) in [5.41, 5.74) is -1.71. The Morgan fingerprint density at radius 1 is 1.38 bits per heavy atom. The smallest absolute Gasteiger partial charge is 0.334 e. The summed E-state index contributed by atoms with van der Waals surface area (Å²) < 4.78 is 38.0. The van der Waals surface area contributed by atoms with E-state index in [0.717, 1.165) is 37.0 Å². The van der Waals surface area contributed by atoms with Gasteiger partial charge >= 0.3 is 6.18 Å². The molecule has 1 saturated heterocycles. The van der Waals surface area contributed by atoms with Gasteiger partial charge in [-0.1, -0.05) is 0 Å². The molecule has 1 aliphatic heterocycles. The molecular weight excluding hydrogens is 347 g/mol. The second-order valence-corrected chi connectivity index (χ2v) is 6.58. The lowest BCUT2D eigenvalue weighted by Crippen LogP contribution is -3.12. The minimum atomic E-state index is -4.65. The Morgan fingerprint density at radius 2 is 2.00 bits per heavy atom. The maximum atomic E-state index is 12.7. The van der Waals surface area contributed by atoms with Gasteiger partial charge in [0.25, 0.3) is 5.69 Å². The Kier molecular flexibility index (Phi) is 5.70. The molecule has 1 aromatic rings. The quantitative estimate of drug-likeness (QED) is 0.493. The van der Waals surface area contributed by atoms with Crippen LogP contribution in [-0.2, 0) is 11.0 Å². The molecule has 1 N–H and O–H groups in total. The Labute approximate surface area is 140 Å². The van der Waals surface area contributed by atoms with E-state index in [1.807, 2.05) is 7.05 Å². The van der Waals surface area contributed by atoms with Crippen LogP contribution in [0.4, 0.5) is 18.9 Å². The molecule has 132 valence electrons. The molecule has 1 fully saturated rings. The summed E-state index contributed by atoms with van der Waals surface area (Å²) in [6, 6.07) is 2.35. The highest BCUT2D eigenvalue weighted by Crippen LogP contribution is 2.36. The van der Waals surface area contributed by atoms with Gasteiger partial charge in [0, 0.05) is 6.07 Å². The van der Waals surface area contributed by atoms with Gasteiger partial charge in [-0.25, -0.2) is 0 Å². The number of piperazine rings is 1. The lowest BCUT2D eigenvalue weighted by atomic mass is 10.2. The summed E-state index contributed by atoms with van der Waals surface area (Å²) in [7, 11) is 2.03. The van der Waals surface area contributed by atoms with Crippen molar-refractivity contribution in [2.75, 3.05) is 39.0 Å². The number of carbonyl (C=O) groups excluding carboxylic acids is 1. The zero-order chi connectivity index (χ0) is 17.9. The molecule has 0 unspecified atom stereocenters. The van der Waals surface area contributed by atoms with E-state index in [-0.39, 0.29) is 16.6 Å². The van der Waals surface area contributed by atoms with E-state index >= 15 is 0 Å². The highest BCUT2D eigenvalue weighted by atomic mass is 32.2. The van der Waals surface area contributed by atoms with Crippen molar-refractivity contribution in [2.45, 2.75) is 11.1 Å². The van der Waals surface area contributed by atoms with Crippen molar-refractivity contribution in [3.05, 3.63) is 33.9 Å². The summed E-state index contributed by atoms with van der Waals surface area (Å²) in [5, 5.41) is 11.0. The Morgan fingerprint density at radius 3 is 2.54 bits per heavy atom. The predicted molar refractivity (Wildman–Crippen MR) is 82.0 cm³/mol. The van der Waals surface area contributed by atoms with Crippen LogP contribution in [0.1, 0.15) is 5.56 Å². The average molecular weight is 364 g/mol. The summed E-state index contributed by atoms with van der Waals surface area (Å²) in [4.78, 5) is 25.3. The second kappa shape index (κ2) is 7.39. The van der Waals surface area contributed by atoms with Crippen molar-refractivity contribution in [1.82, 2.24) is 4.90 Å². The van der Waals surface area contributed by atoms with E-state index in [1.165, 1.54) is 4.90 Å². The van der Waals surface area contributed by atoms with Gasteiger partial charge in [0.05, 0.1) is 54.4 Å². The second-order valence-electron chi connectivity index (χ2n) is 5.56. The lowest BCUT2D eigenvalue weighted by Gasteiger charge is -2.30. The number of quaternary nitrogens is 1. The third-order valence-electron chi connectivity index (χ3n) is 3.80. The Bertz CT molecular complexity index is 631. The number of halogens is 3. The van der Waals surface area contributed by atoms with Gasteiger partial charge in [0.15, 0.2) is 0 Å². The Hall–Kier alpha value is -1.81. The minimum Gasteiger partial charge on any atom is -0.334 e. The first kappa shape index (κ1) is 18.5. The molecule has 0 radical (unpaired) electrons. The van der Waals surface area contributed by atoms with Crippen molar-refractivity contribution in [2.24, 2.45) is 0 Å². The molecule has 0 saturated carbocycles. The van der Waals surface area contributed by atoms with Crippen LogP contribution in [0.2, 0.25) is 0 Å². The molecule has 1 heterocycles. The highest BCUT2D eigenvalue weighted by Gasteiger charge is 2.33. The fourth-order valence-corrected chi connectivity index (χ4v) is 3.23. The molecule has 6 nitrogen and oxygen atoms in total. The molecule has 2 rings (SSSR count). The number of alkyl halides is 3. The topological polar surface area (TPSA) is 67.9 Å². The van der Waals surface area contributed by atoms with E-state index in [2.05, 4.69) is 0 Å². The van der Waals surface area contributed by atoms with Gasteiger partial charge in [-0.3, -0.25) is 14.9 Å². The molecule has 0 spiro atoms. The van der Waals surface area contributed by atoms with Crippen LogP contribution >= 0.6 is 11.8 Å². The van der Waals surface area contributed by atoms with Crippen LogP contribution in [0, 0.1) is 10.1 Å². The van der Waals surface area contributed by atoms with Gasteiger partial charge in [0.2, 0.25) is 5.91 Å². The van der Waals surface area contributed by atoms with Crippen LogP contribution in [0.3, 0.4) is 0 Å². The van der Waals surface area contributed by atoms with E-state index in [1.54, 1.807) is 4.90 Å². The number of thioether (sulfide) groups is 1. The Balaban J connectivity index is 2.06. The van der Waals surface area contributed by atoms with Crippen molar-refractivity contribution in [1.29, 1.82) is 0 Å². The number of nitrogens with one attached hydrogen (secondary N) is 1. The van der Waals surface area contributed by atoms with E-state index in [9.17, 15) is 28.1 Å². The first-order valence-electron chi connectivity index (χ1n) is 7.26. The number of likely N-dealkylation sites (N-methyl/N-ethyl adjacent to an activating group) is 1. The molecule has 10 heteroatoms. The molecule has 1 aliphatic rings. The number of carbonyl (C=O) groups is 1. The van der Waals surface area contributed by atoms with Gasteiger partial charge in [0.1, 0.15) is 0 Å². The van der Waals surface area contributed by atoms with Gasteiger partial charge < -0.3 is 9.80 Å². The minimum absolute atomic E-state index is 0.0365. The number of nitrogens with zero attached hydrogens (tertiary/aromatic N) is 2. The molecule has 0 bridgehead atoms. The van der Waals surface area contributed by atoms with E-state index in [0.29, 0.717) is 19.2 Å². The molecule has 24 heavy (non-hydrogen) atoms. The molecule has 0 atom stereocenters. The van der Waals surface area contributed by atoms with E-state index < -0.39 is 22.4 Å². The van der Waals surface area contributed by atoms with Crippen molar-refractivity contribution in [3.63, 3.8) is 0 Å². The number of hydrogen-bond donors (Lipinski definition) is 1. The summed E-state index contributed by atoms with van der Waals surface area (Å²) in [6.07, 6.45) is -4.65. The van der Waals surface area contributed by atoms with Crippen LogP contribution in [0.25, 0.3) is 0 Å². The number of amides is 1. The van der Waals surface area contributed by atoms with Crippen molar-refractivity contribution < 1.29 is 27.8 Å². The highest BCUT2D eigenvalue weighted by molar-refractivity contribution is 8.00. The van der Waals surface area contributed by atoms with E-state index in [4.69, 9.17) is 0 Å². The zero-order valence-corrected chi connectivity index (χ0v) is 13.7. The van der Waals surface area contributed by atoms with Gasteiger partial charge in [-0.15, -0.1) is 11.8 Å². The summed E-state index contributed by atoms with van der Waals surface area (Å²) >= 11 is 0.890. The van der Waals surface area contributed by atoms with Crippen molar-refractivity contribution in [3.8, 4) is 0 Å². The summed E-state index contributed by atoms with van der Waals surface area (Å²) in [5.74, 6) is -0.202. The maximum absolute atomic E-state index is 12.7. The average Bonchev–Trinajstić information content (AvgIpc) is 2.52. The number of hydrogen-bond acceptors (Lipinski definition) is 4. The first-order valence-corrected chi connectivity index (χ1v) is 8.24. The molecule has 0 aliphatic carbocycles. The van der Waals surface area contributed by atoms with Crippen molar-refractivity contribution >= 4 is 23.4 Å². The first-order chi connectivity index (χ1) is 11.2. The molecule has 0 aromatic heterocycles. The fraction of sp³-hybridized carbons (Fsp3) is 0.500. The van der Waals surface area contributed by atoms with Crippen LogP contribution in [-0.4, -0.2) is 54.7 Å². The fourth-order valence-electron chi connectivity index (χ4n) is 2.33. The summed E-state index contributed by atoms with van der Waals surface area (Å²) in [6.45, 7) is 2.88. The third-order valence-corrected chi connectivity index (χ3v) is 4.85. The molecule has 1 aromatic carbocycles. The van der Waals surface area contributed by atoms with Crippen LogP contribution < -0.4 is 4.90 Å². The van der Waals surface area contributed by atoms with Gasteiger partial charge in [-0.05, 0) is 12.1 Å². The molecule has 1 amide bonds. The van der Waals surface area contributed by atoms with Gasteiger partial charge in [-0.2, -0.15) is 13.2 Å². The number of benzene rings is 1. The predicted octanol–water partition coefficient (Wildman–Crippen LogP) is 1.06. The standard InChI is InChI=1S/C14H16F3N3O3S/c1-18-4-6-19(7-5-18)13(21)9-24-12-3-2-10(14(15,16)17)8-11(12)20(22)23/h2-3,8H,4-7,9H2,1H3/p+1.